The van der Waals surface area contributed by atoms with E-state index in [9.17, 15) is 14.8 Å². The van der Waals surface area contributed by atoms with E-state index in [-0.39, 0.29) is 6.54 Å². The standard InChI is InChI=1S/C24H40N5O7P/c1-17-8-4-7-10-23-9-5-2-3-6-11-24(17,15-27-14-23)29(16-26-12-19(25)28-23)22-21(31)20(30)18(36-22)13-35-37(32,33)34/h14,16,18,20-22,30-31H,1-13,15H2,(H2,25,28)(H2,32,33,34)/b26-16-,27-14-. The second-order valence-corrected chi connectivity index (χ2v) is 11.9. The smallest absolute Gasteiger partial charge is 0.387 e. The Bertz CT molecular complexity index is 971. The number of nitrogens with two attached hydrogens (primary N) is 1. The number of amidine groups is 1. The molecule has 0 aromatic rings. The third-order valence-electron chi connectivity index (χ3n) is 7.97. The molecule has 0 aromatic heterocycles. The van der Waals surface area contributed by atoms with E-state index in [2.05, 4.69) is 16.1 Å². The van der Waals surface area contributed by atoms with Gasteiger partial charge < -0.3 is 35.4 Å². The third-order valence-corrected chi connectivity index (χ3v) is 8.45. The van der Waals surface area contributed by atoms with E-state index in [1.165, 1.54) is 0 Å². The number of aliphatic imine (C=N–C) groups is 3. The predicted octanol–water partition coefficient (Wildman–Crippen LogP) is 1.28. The minimum Gasteiger partial charge on any atom is -0.387 e. The molecule has 0 aromatic carbocycles. The highest BCUT2D eigenvalue weighted by atomic mass is 31.2. The molecule has 1 fully saturated rings. The van der Waals surface area contributed by atoms with E-state index >= 15 is 0 Å². The Labute approximate surface area is 217 Å². The van der Waals surface area contributed by atoms with Crippen LogP contribution < -0.4 is 5.73 Å². The molecular weight excluding hydrogens is 501 g/mol. The Balaban J connectivity index is 1.78. The Kier molecular flexibility index (Phi) is 8.90. The van der Waals surface area contributed by atoms with Crippen LogP contribution in [0.3, 0.4) is 0 Å². The molecule has 13 heteroatoms. The van der Waals surface area contributed by atoms with Crippen molar-refractivity contribution in [2.45, 2.75) is 99.8 Å². The van der Waals surface area contributed by atoms with Crippen LogP contribution in [0.15, 0.2) is 27.1 Å². The molecule has 1 saturated heterocycles. The summed E-state index contributed by atoms with van der Waals surface area (Å²) in [7, 11) is -4.79. The largest absolute Gasteiger partial charge is 0.469 e. The Morgan fingerprint density at radius 3 is 2.54 bits per heavy atom. The zero-order valence-electron chi connectivity index (χ0n) is 21.2. The molecule has 4 rings (SSSR count). The van der Waals surface area contributed by atoms with Crippen molar-refractivity contribution in [2.24, 2.45) is 20.7 Å². The van der Waals surface area contributed by atoms with Gasteiger partial charge >= 0.3 is 7.82 Å². The number of phosphoric acid groups is 1. The zero-order chi connectivity index (χ0) is 26.7. The monoisotopic (exact) mass is 541 g/mol. The van der Waals surface area contributed by atoms with Gasteiger partial charge in [0.15, 0.2) is 6.23 Å². The first-order chi connectivity index (χ1) is 17.6. The quantitative estimate of drug-likeness (QED) is 0.258. The highest BCUT2D eigenvalue weighted by molar-refractivity contribution is 7.46. The van der Waals surface area contributed by atoms with Crippen molar-refractivity contribution in [3.8, 4) is 0 Å². The molecule has 4 aliphatic heterocycles. The molecule has 12 nitrogen and oxygen atoms in total. The maximum atomic E-state index is 11.2. The summed E-state index contributed by atoms with van der Waals surface area (Å²) in [5, 5.41) is 21.8. The molecule has 37 heavy (non-hydrogen) atoms. The average Bonchev–Trinajstić information content (AvgIpc) is 3.09. The molecule has 2 bridgehead atoms. The SMILES string of the molecule is C=C1CCCCC23/C=N\CC1(CCCCCC2)N(C1OC(COP(=O)(O)O)C(O)C1O)/C=N\C/C(N)=N\3. The fourth-order valence-corrected chi connectivity index (χ4v) is 6.30. The lowest BCUT2D eigenvalue weighted by molar-refractivity contribution is -0.0952. The molecule has 6 N–H and O–H groups in total. The van der Waals surface area contributed by atoms with E-state index in [0.717, 1.165) is 63.4 Å². The normalized spacial score (nSPS) is 41.1. The summed E-state index contributed by atoms with van der Waals surface area (Å²) in [6, 6.07) is 0. The maximum Gasteiger partial charge on any atom is 0.469 e. The second-order valence-electron chi connectivity index (χ2n) is 10.6. The number of phosphoric ester groups is 1. The number of aliphatic hydroxyl groups is 2. The van der Waals surface area contributed by atoms with Gasteiger partial charge in [0.2, 0.25) is 0 Å². The summed E-state index contributed by atoms with van der Waals surface area (Å²) in [4.78, 5) is 34.4. The highest BCUT2D eigenvalue weighted by Crippen LogP contribution is 2.41. The third kappa shape index (κ3) is 6.50. The topological polar surface area (TPSA) is 183 Å². The average molecular weight is 542 g/mol. The van der Waals surface area contributed by atoms with Gasteiger partial charge in [-0.25, -0.2) is 4.57 Å². The van der Waals surface area contributed by atoms with Gasteiger partial charge in [0.25, 0.3) is 0 Å². The van der Waals surface area contributed by atoms with Gasteiger partial charge in [-0.2, -0.15) is 0 Å². The number of rotatable bonds is 4. The van der Waals surface area contributed by atoms with Crippen LogP contribution in [0, 0.1) is 0 Å². The first-order valence-corrected chi connectivity index (χ1v) is 14.6. The van der Waals surface area contributed by atoms with E-state index in [1.54, 1.807) is 11.2 Å². The Morgan fingerprint density at radius 2 is 1.81 bits per heavy atom. The van der Waals surface area contributed by atoms with Crippen LogP contribution >= 0.6 is 7.82 Å². The fourth-order valence-electron chi connectivity index (χ4n) is 5.96. The van der Waals surface area contributed by atoms with Crippen molar-refractivity contribution < 1.29 is 33.8 Å². The molecule has 6 atom stereocenters. The van der Waals surface area contributed by atoms with Gasteiger partial charge in [-0.05, 0) is 32.1 Å². The molecule has 0 radical (unpaired) electrons. The molecule has 0 aliphatic carbocycles. The summed E-state index contributed by atoms with van der Waals surface area (Å²) >= 11 is 0. The molecule has 6 unspecified atom stereocenters. The van der Waals surface area contributed by atoms with Crippen molar-refractivity contribution in [1.82, 2.24) is 4.90 Å². The first kappa shape index (κ1) is 28.4. The van der Waals surface area contributed by atoms with Crippen LogP contribution in [-0.4, -0.2) is 98.6 Å². The van der Waals surface area contributed by atoms with Gasteiger partial charge in [0.1, 0.15) is 24.1 Å². The lowest BCUT2D eigenvalue weighted by atomic mass is 9.79. The molecule has 0 spiro atoms. The first-order valence-electron chi connectivity index (χ1n) is 13.1. The minimum absolute atomic E-state index is 0.144. The fraction of sp³-hybridized carbons (Fsp3) is 0.792. The van der Waals surface area contributed by atoms with Crippen molar-refractivity contribution in [3.05, 3.63) is 12.2 Å². The molecule has 4 aliphatic rings. The molecule has 0 saturated carbocycles. The summed E-state index contributed by atoms with van der Waals surface area (Å²) in [6.07, 6.45) is 7.41. The summed E-state index contributed by atoms with van der Waals surface area (Å²) in [5.41, 5.74) is 6.03. The van der Waals surface area contributed by atoms with Crippen LogP contribution in [0.2, 0.25) is 0 Å². The minimum atomic E-state index is -4.79. The van der Waals surface area contributed by atoms with Gasteiger partial charge in [-0.1, -0.05) is 44.3 Å². The van der Waals surface area contributed by atoms with Crippen molar-refractivity contribution in [1.29, 1.82) is 0 Å². The van der Waals surface area contributed by atoms with Crippen molar-refractivity contribution in [2.75, 3.05) is 19.7 Å². The van der Waals surface area contributed by atoms with E-state index in [0.29, 0.717) is 18.8 Å². The van der Waals surface area contributed by atoms with E-state index in [1.807, 2.05) is 6.21 Å². The summed E-state index contributed by atoms with van der Waals surface area (Å²) in [5.74, 6) is 0.395. The zero-order valence-corrected chi connectivity index (χ0v) is 22.1. The molecule has 208 valence electrons. The number of hydrogen-bond acceptors (Lipinski definition) is 10. The number of ether oxygens (including phenoxy) is 1. The van der Waals surface area contributed by atoms with Crippen LogP contribution in [0.5, 0.6) is 0 Å². The van der Waals surface area contributed by atoms with Crippen molar-refractivity contribution >= 4 is 26.2 Å². The number of nitrogens with zero attached hydrogens (tertiary/aromatic N) is 4. The van der Waals surface area contributed by atoms with E-state index in [4.69, 9.17) is 30.2 Å². The summed E-state index contributed by atoms with van der Waals surface area (Å²) in [6.45, 7) is 4.37. The van der Waals surface area contributed by atoms with Crippen LogP contribution in [0.25, 0.3) is 0 Å². The predicted molar refractivity (Wildman–Crippen MR) is 140 cm³/mol. The van der Waals surface area contributed by atoms with E-state index < -0.39 is 50.0 Å². The summed E-state index contributed by atoms with van der Waals surface area (Å²) < 4.78 is 21.8. The van der Waals surface area contributed by atoms with Gasteiger partial charge in [-0.15, -0.1) is 0 Å². The second kappa shape index (κ2) is 11.6. The van der Waals surface area contributed by atoms with Crippen LogP contribution in [-0.2, 0) is 13.8 Å². The van der Waals surface area contributed by atoms with Crippen LogP contribution in [0.1, 0.15) is 64.2 Å². The van der Waals surface area contributed by atoms with Gasteiger partial charge in [-0.3, -0.25) is 19.5 Å². The Morgan fingerprint density at radius 1 is 1.11 bits per heavy atom. The lowest BCUT2D eigenvalue weighted by Crippen LogP contribution is -2.59. The molecule has 0 amide bonds. The van der Waals surface area contributed by atoms with Gasteiger partial charge in [0.05, 0.1) is 37.1 Å². The molecule has 4 heterocycles. The maximum absolute atomic E-state index is 11.2. The number of aliphatic hydroxyl groups excluding tert-OH is 2. The lowest BCUT2D eigenvalue weighted by Gasteiger charge is -2.47. The van der Waals surface area contributed by atoms with Crippen molar-refractivity contribution in [3.63, 3.8) is 0 Å². The molecular formula is C24H40N5O7P. The highest BCUT2D eigenvalue weighted by Gasteiger charge is 2.52. The van der Waals surface area contributed by atoms with Crippen LogP contribution in [0.4, 0.5) is 0 Å². The Hall–Kier alpha value is -1.66. The van der Waals surface area contributed by atoms with Gasteiger partial charge in [0, 0.05) is 6.21 Å². The number of hydrogen-bond donors (Lipinski definition) is 5.